The van der Waals surface area contributed by atoms with Gasteiger partial charge in [-0.1, -0.05) is 12.1 Å². The summed E-state index contributed by atoms with van der Waals surface area (Å²) >= 11 is 0. The number of amides is 3. The molecule has 2 saturated carbocycles. The fourth-order valence-electron chi connectivity index (χ4n) is 9.30. The van der Waals surface area contributed by atoms with Gasteiger partial charge >= 0.3 is 0 Å². The molecule has 1 aromatic rings. The van der Waals surface area contributed by atoms with Gasteiger partial charge in [0.1, 0.15) is 12.1 Å². The molecule has 0 radical (unpaired) electrons. The second kappa shape index (κ2) is 8.66. The maximum Gasteiger partial charge on any atom is 0.252 e. The molecular formula is C29H36N8O5. The molecule has 42 heavy (non-hydrogen) atoms. The molecule has 4 aliphatic heterocycles. The third-order valence-corrected chi connectivity index (χ3v) is 11.1. The molecule has 0 aromatic heterocycles. The summed E-state index contributed by atoms with van der Waals surface area (Å²) in [6.07, 6.45) is 6.61. The molecule has 1 aromatic carbocycles. The lowest BCUT2D eigenvalue weighted by Gasteiger charge is -2.49. The Morgan fingerprint density at radius 1 is 1.07 bits per heavy atom. The van der Waals surface area contributed by atoms with Crippen LogP contribution in [0.25, 0.3) is 0 Å². The molecule has 8 atom stereocenters. The predicted octanol–water partition coefficient (Wildman–Crippen LogP) is -1.63. The Hall–Kier alpha value is -3.71. The molecular weight excluding hydrogens is 540 g/mol. The number of carbonyl (C=O) groups is 3. The summed E-state index contributed by atoms with van der Waals surface area (Å²) in [6, 6.07) is 2.59. The summed E-state index contributed by atoms with van der Waals surface area (Å²) in [5, 5.41) is 29.4. The number of fused-ring (bicyclic) bond motifs is 6. The van der Waals surface area contributed by atoms with Gasteiger partial charge in [0.05, 0.1) is 24.4 Å². The number of nitrogens with zero attached hydrogens (tertiary/aromatic N) is 4. The first-order valence-electron chi connectivity index (χ1n) is 15.1. The van der Waals surface area contributed by atoms with Crippen molar-refractivity contribution in [1.82, 2.24) is 20.4 Å². The van der Waals surface area contributed by atoms with Crippen molar-refractivity contribution in [3.8, 4) is 0 Å². The van der Waals surface area contributed by atoms with Gasteiger partial charge in [0.25, 0.3) is 5.91 Å². The van der Waals surface area contributed by atoms with Gasteiger partial charge in [-0.05, 0) is 74.0 Å². The summed E-state index contributed by atoms with van der Waals surface area (Å²) in [7, 11) is 0. The van der Waals surface area contributed by atoms with E-state index >= 15 is 0 Å². The fraction of sp³-hybridized carbons (Fsp3) is 0.621. The van der Waals surface area contributed by atoms with Crippen molar-refractivity contribution in [3.05, 3.63) is 34.9 Å². The maximum absolute atomic E-state index is 13.6. The molecule has 222 valence electrons. The number of guanidine groups is 2. The van der Waals surface area contributed by atoms with Crippen molar-refractivity contribution in [1.29, 1.82) is 0 Å². The van der Waals surface area contributed by atoms with Crippen molar-refractivity contribution >= 4 is 29.6 Å². The van der Waals surface area contributed by atoms with Crippen LogP contribution in [0.15, 0.2) is 28.2 Å². The number of aliphatic hydroxyl groups is 2. The van der Waals surface area contributed by atoms with Crippen molar-refractivity contribution in [2.45, 2.75) is 74.5 Å². The van der Waals surface area contributed by atoms with Crippen LogP contribution in [0.5, 0.6) is 0 Å². The Balaban J connectivity index is 1.09. The molecule has 3 amide bonds. The monoisotopic (exact) mass is 576 g/mol. The molecule has 2 bridgehead atoms. The molecule has 7 aliphatic rings. The van der Waals surface area contributed by atoms with Crippen molar-refractivity contribution < 1.29 is 24.6 Å². The first-order chi connectivity index (χ1) is 20.1. The number of nitrogens with one attached hydrogen (secondary N) is 2. The normalized spacial score (nSPS) is 38.9. The van der Waals surface area contributed by atoms with Crippen LogP contribution in [0.4, 0.5) is 0 Å². The third-order valence-electron chi connectivity index (χ3n) is 11.1. The minimum Gasteiger partial charge on any atom is -0.370 e. The van der Waals surface area contributed by atoms with Crippen molar-refractivity contribution in [2.24, 2.45) is 45.1 Å². The van der Waals surface area contributed by atoms with Crippen LogP contribution < -0.4 is 22.1 Å². The number of imide groups is 1. The van der Waals surface area contributed by atoms with Gasteiger partial charge in [0.15, 0.2) is 17.6 Å². The van der Waals surface area contributed by atoms with Crippen LogP contribution in [-0.2, 0) is 22.4 Å². The number of hydrogen-bond donors (Lipinski definition) is 6. The number of rotatable bonds is 4. The Kier molecular flexibility index (Phi) is 5.35. The van der Waals surface area contributed by atoms with Crippen LogP contribution >= 0.6 is 0 Å². The van der Waals surface area contributed by atoms with E-state index in [0.29, 0.717) is 5.56 Å². The minimum absolute atomic E-state index is 0.0191. The topological polar surface area (TPSA) is 199 Å². The first-order valence-corrected chi connectivity index (χ1v) is 15.1. The van der Waals surface area contributed by atoms with Gasteiger partial charge in [-0.2, -0.15) is 0 Å². The average molecular weight is 577 g/mol. The van der Waals surface area contributed by atoms with E-state index in [-0.39, 0.29) is 60.5 Å². The van der Waals surface area contributed by atoms with E-state index in [4.69, 9.17) is 11.5 Å². The van der Waals surface area contributed by atoms with E-state index in [1.165, 1.54) is 9.80 Å². The van der Waals surface area contributed by atoms with Crippen LogP contribution in [0.3, 0.4) is 0 Å². The lowest BCUT2D eigenvalue weighted by Crippen LogP contribution is -2.78. The van der Waals surface area contributed by atoms with E-state index in [2.05, 4.69) is 20.6 Å². The van der Waals surface area contributed by atoms with Crippen molar-refractivity contribution in [3.63, 3.8) is 0 Å². The highest BCUT2D eigenvalue weighted by Crippen LogP contribution is 2.56. The Morgan fingerprint density at radius 3 is 2.52 bits per heavy atom. The van der Waals surface area contributed by atoms with E-state index in [9.17, 15) is 24.6 Å². The lowest BCUT2D eigenvalue weighted by atomic mass is 9.81. The number of aliphatic imine (C=N–C) groups is 2. The van der Waals surface area contributed by atoms with Gasteiger partial charge in [-0.3, -0.25) is 19.3 Å². The molecule has 13 nitrogen and oxygen atoms in total. The third kappa shape index (κ3) is 3.23. The zero-order valence-corrected chi connectivity index (χ0v) is 23.2. The summed E-state index contributed by atoms with van der Waals surface area (Å²) in [5.41, 5.74) is 13.4. The van der Waals surface area contributed by atoms with Crippen LogP contribution in [-0.4, -0.2) is 92.3 Å². The molecule has 3 aliphatic carbocycles. The van der Waals surface area contributed by atoms with E-state index in [0.717, 1.165) is 56.1 Å². The van der Waals surface area contributed by atoms with E-state index in [1.54, 1.807) is 6.07 Å². The predicted molar refractivity (Wildman–Crippen MR) is 149 cm³/mol. The van der Waals surface area contributed by atoms with Gasteiger partial charge in [-0.15, -0.1) is 0 Å². The molecule has 2 saturated heterocycles. The first kappa shape index (κ1) is 26.0. The zero-order chi connectivity index (χ0) is 29.1. The average Bonchev–Trinajstić information content (AvgIpc) is 3.76. The summed E-state index contributed by atoms with van der Waals surface area (Å²) in [4.78, 5) is 52.3. The quantitative estimate of drug-likeness (QED) is 0.180. The number of carbonyl (C=O) groups excluding carboxylic acids is 3. The summed E-state index contributed by atoms with van der Waals surface area (Å²) < 4.78 is 0. The molecule has 1 spiro atoms. The fourth-order valence-corrected chi connectivity index (χ4v) is 9.30. The van der Waals surface area contributed by atoms with E-state index < -0.39 is 35.5 Å². The highest BCUT2D eigenvalue weighted by atomic mass is 16.5. The number of benzene rings is 1. The number of nitrogens with two attached hydrogens (primary N) is 2. The van der Waals surface area contributed by atoms with Crippen molar-refractivity contribution in [2.75, 3.05) is 13.1 Å². The van der Waals surface area contributed by atoms with Crippen LogP contribution in [0, 0.1) is 23.7 Å². The zero-order valence-electron chi connectivity index (χ0n) is 23.2. The molecule has 8 N–H and O–H groups in total. The standard InChI is InChI=1S/C29H36N8O5/c30-26-34-22-18(11-36-24(39)20-14-8-9-15(10-14)21(20)25(36)40)32-27(31)37-12-19(29(41,42)28(22,37)35-26)33-23(38)17-7-3-5-13-4-1-2-6-16(13)17/h3,5,7,14-15,18-22,41-42H,1-2,4,6,8-12H2,(H2,31,32)(H,33,38)(H3,30,34,35)/t14?,15?,18?,19?,20-,21-,22-,28-/m0/s1. The molecule has 13 heteroatoms. The highest BCUT2D eigenvalue weighted by Gasteiger charge is 2.74. The number of aryl methyl sites for hydroxylation is 1. The van der Waals surface area contributed by atoms with E-state index in [1.807, 2.05) is 12.1 Å². The molecule has 4 unspecified atom stereocenters. The summed E-state index contributed by atoms with van der Waals surface area (Å²) in [5.74, 6) is -3.55. The van der Waals surface area contributed by atoms with Crippen LogP contribution in [0.2, 0.25) is 0 Å². The van der Waals surface area contributed by atoms with Gasteiger partial charge in [-0.25, -0.2) is 9.98 Å². The van der Waals surface area contributed by atoms with Gasteiger partial charge in [0, 0.05) is 12.1 Å². The second-order valence-corrected chi connectivity index (χ2v) is 13.1. The Bertz CT molecular complexity index is 1450. The number of likely N-dealkylation sites (tertiary alicyclic amines) is 1. The molecule has 4 fully saturated rings. The lowest BCUT2D eigenvalue weighted by molar-refractivity contribution is -0.230. The largest absolute Gasteiger partial charge is 0.370 e. The highest BCUT2D eigenvalue weighted by molar-refractivity contribution is 6.06. The maximum atomic E-state index is 13.6. The Labute approximate surface area is 242 Å². The SMILES string of the molecule is NC1=N[C@H]2C(CN3C(=O)[C@H]4C5CCC(C5)[C@@H]4C3=O)N=C(N)N3CC(NC(=O)c4cccc5c4CCCC5)C(O)(O)[C@]23N1. The molecule has 8 rings (SSSR count). The van der Waals surface area contributed by atoms with Crippen LogP contribution in [0.1, 0.15) is 53.6 Å². The Morgan fingerprint density at radius 2 is 1.79 bits per heavy atom. The molecule has 4 heterocycles. The smallest absolute Gasteiger partial charge is 0.252 e. The number of hydrogen-bond acceptors (Lipinski definition) is 11. The van der Waals surface area contributed by atoms with Gasteiger partial charge in [0.2, 0.25) is 17.6 Å². The minimum atomic E-state index is -2.60. The summed E-state index contributed by atoms with van der Waals surface area (Å²) in [6.45, 7) is -0.163. The van der Waals surface area contributed by atoms with Gasteiger partial charge < -0.3 is 37.2 Å². The second-order valence-electron chi connectivity index (χ2n) is 13.1.